The highest BCUT2D eigenvalue weighted by molar-refractivity contribution is 9.10. The number of halogens is 2. The van der Waals surface area contributed by atoms with Gasteiger partial charge in [0.25, 0.3) is 0 Å². The zero-order valence-electron chi connectivity index (χ0n) is 19.2. The predicted octanol–water partition coefficient (Wildman–Crippen LogP) is 5.10. The summed E-state index contributed by atoms with van der Waals surface area (Å²) >= 11 is 6.67. The molecular formula is C26H24Br2N6O2. The number of aliphatic imine (C=N–C) groups is 1. The van der Waals surface area contributed by atoms with Gasteiger partial charge in [0.05, 0.1) is 15.1 Å². The molecular weight excluding hydrogens is 588 g/mol. The first-order valence-electron chi connectivity index (χ1n) is 11.2. The number of nitrogens with two attached hydrogens (primary N) is 1. The Hall–Kier alpha value is -3.50. The molecule has 4 aromatic rings. The van der Waals surface area contributed by atoms with Crippen LogP contribution in [0.1, 0.15) is 16.7 Å². The number of nitrogens with zero attached hydrogens (tertiary/aromatic N) is 5. The van der Waals surface area contributed by atoms with E-state index < -0.39 is 0 Å². The molecule has 8 nitrogen and oxygen atoms in total. The van der Waals surface area contributed by atoms with Crippen molar-refractivity contribution in [2.24, 2.45) is 15.9 Å². The minimum absolute atomic E-state index is 0.213. The van der Waals surface area contributed by atoms with Crippen LogP contribution in [0.5, 0.6) is 11.5 Å². The van der Waals surface area contributed by atoms with Crippen LogP contribution in [0.3, 0.4) is 0 Å². The van der Waals surface area contributed by atoms with E-state index in [0.717, 1.165) is 40.8 Å². The van der Waals surface area contributed by atoms with Gasteiger partial charge >= 0.3 is 0 Å². The summed E-state index contributed by atoms with van der Waals surface area (Å²) in [6.07, 6.45) is 5.04. The van der Waals surface area contributed by atoms with Crippen LogP contribution in [0.2, 0.25) is 0 Å². The van der Waals surface area contributed by atoms with Gasteiger partial charge in [-0.2, -0.15) is 5.10 Å². The van der Waals surface area contributed by atoms with Crippen molar-refractivity contribution in [1.29, 1.82) is 0 Å². The summed E-state index contributed by atoms with van der Waals surface area (Å²) in [5, 5.41) is 31.7. The third-order valence-electron chi connectivity index (χ3n) is 5.53. The van der Waals surface area contributed by atoms with Gasteiger partial charge in [-0.15, -0.1) is 5.10 Å². The number of hydrogen-bond donors (Lipinski definition) is 3. The van der Waals surface area contributed by atoms with E-state index in [1.807, 2.05) is 54.7 Å². The van der Waals surface area contributed by atoms with Crippen LogP contribution in [-0.4, -0.2) is 43.7 Å². The predicted molar refractivity (Wildman–Crippen MR) is 149 cm³/mol. The number of phenols is 2. The number of benzene rings is 3. The van der Waals surface area contributed by atoms with E-state index in [0.29, 0.717) is 27.7 Å². The summed E-state index contributed by atoms with van der Waals surface area (Å²) in [6.45, 7) is 1.21. The minimum atomic E-state index is 0.213. The van der Waals surface area contributed by atoms with Gasteiger partial charge in [0.2, 0.25) is 0 Å². The molecule has 0 fully saturated rings. The second-order valence-corrected chi connectivity index (χ2v) is 9.78. The number of aromatic hydroxyl groups is 2. The lowest BCUT2D eigenvalue weighted by Crippen LogP contribution is -2.07. The summed E-state index contributed by atoms with van der Waals surface area (Å²) in [5.74, 6) is 6.09. The Morgan fingerprint density at radius 2 is 1.64 bits per heavy atom. The highest BCUT2D eigenvalue weighted by Crippen LogP contribution is 2.25. The third kappa shape index (κ3) is 6.58. The van der Waals surface area contributed by atoms with Crippen LogP contribution in [0, 0.1) is 0 Å². The lowest BCUT2D eigenvalue weighted by atomic mass is 10.1. The van der Waals surface area contributed by atoms with E-state index in [1.165, 1.54) is 0 Å². The topological polar surface area (TPSA) is 122 Å². The summed E-state index contributed by atoms with van der Waals surface area (Å²) in [5.41, 5.74) is 5.18. The molecule has 0 atom stereocenters. The molecule has 0 aliphatic rings. The molecule has 36 heavy (non-hydrogen) atoms. The van der Waals surface area contributed by atoms with Crippen molar-refractivity contribution in [3.63, 3.8) is 0 Å². The minimum Gasteiger partial charge on any atom is -0.507 e. The SMILES string of the molecule is NN=C(C=NCCc1ccc(O)c(Br)c1)c1cccc(-c2cn(CCc3ccc(O)c(Br)c3)nn2)c1. The van der Waals surface area contributed by atoms with E-state index in [9.17, 15) is 10.2 Å². The van der Waals surface area contributed by atoms with Gasteiger partial charge in [0.1, 0.15) is 22.9 Å². The fourth-order valence-corrected chi connectivity index (χ4v) is 4.41. The Labute approximate surface area is 225 Å². The largest absolute Gasteiger partial charge is 0.507 e. The van der Waals surface area contributed by atoms with Crippen LogP contribution in [-0.2, 0) is 19.4 Å². The lowest BCUT2D eigenvalue weighted by Gasteiger charge is -2.04. The lowest BCUT2D eigenvalue weighted by molar-refractivity contribution is 0.471. The zero-order valence-corrected chi connectivity index (χ0v) is 22.4. The Morgan fingerprint density at radius 1 is 0.944 bits per heavy atom. The van der Waals surface area contributed by atoms with Crippen molar-refractivity contribution in [3.05, 3.63) is 92.5 Å². The quantitative estimate of drug-likeness (QED) is 0.138. The highest BCUT2D eigenvalue weighted by atomic mass is 79.9. The van der Waals surface area contributed by atoms with Gasteiger partial charge in [-0.05, 0) is 86.2 Å². The summed E-state index contributed by atoms with van der Waals surface area (Å²) in [7, 11) is 0. The molecule has 1 aromatic heterocycles. The van der Waals surface area contributed by atoms with Gasteiger partial charge in [-0.3, -0.25) is 9.67 Å². The van der Waals surface area contributed by atoms with Gasteiger partial charge in [-0.1, -0.05) is 35.5 Å². The third-order valence-corrected chi connectivity index (χ3v) is 6.80. The molecule has 0 radical (unpaired) electrons. The Balaban J connectivity index is 1.39. The zero-order chi connectivity index (χ0) is 25.5. The summed E-state index contributed by atoms with van der Waals surface area (Å²) in [4.78, 5) is 4.47. The van der Waals surface area contributed by atoms with E-state index in [4.69, 9.17) is 5.84 Å². The molecule has 4 N–H and O–H groups in total. The number of rotatable bonds is 9. The van der Waals surface area contributed by atoms with Gasteiger partial charge < -0.3 is 16.1 Å². The van der Waals surface area contributed by atoms with E-state index >= 15 is 0 Å². The van der Waals surface area contributed by atoms with E-state index in [-0.39, 0.29) is 11.5 Å². The standard InChI is InChI=1S/C26H24Br2N6O2/c27-21-12-17(4-6-25(21)35)8-10-30-15-23(31-29)19-2-1-3-20(14-19)24-16-34(33-32-24)11-9-18-5-7-26(36)22(28)13-18/h1-7,12-16,35-36H,8-11,29H2. The average Bonchev–Trinajstić information content (AvgIpc) is 3.36. The summed E-state index contributed by atoms with van der Waals surface area (Å²) < 4.78 is 3.13. The molecule has 0 unspecified atom stereocenters. The Morgan fingerprint density at radius 3 is 2.31 bits per heavy atom. The van der Waals surface area contributed by atoms with E-state index in [2.05, 4.69) is 52.3 Å². The molecule has 0 amide bonds. The van der Waals surface area contributed by atoms with Crippen molar-refractivity contribution in [3.8, 4) is 22.8 Å². The molecule has 1 heterocycles. The number of phenolic OH excluding ortho intramolecular Hbond substituents is 2. The van der Waals surface area contributed by atoms with Gasteiger partial charge in [0.15, 0.2) is 0 Å². The molecule has 0 aliphatic carbocycles. The first kappa shape index (κ1) is 25.6. The Bertz CT molecular complexity index is 1420. The highest BCUT2D eigenvalue weighted by Gasteiger charge is 2.08. The maximum atomic E-state index is 9.65. The molecule has 10 heteroatoms. The fraction of sp³-hybridized carbons (Fsp3) is 0.154. The van der Waals surface area contributed by atoms with Crippen LogP contribution in [0.25, 0.3) is 11.3 Å². The molecule has 184 valence electrons. The fourth-order valence-electron chi connectivity index (χ4n) is 3.56. The monoisotopic (exact) mass is 610 g/mol. The maximum Gasteiger partial charge on any atom is 0.129 e. The van der Waals surface area contributed by atoms with Crippen molar-refractivity contribution in [2.75, 3.05) is 6.54 Å². The summed E-state index contributed by atoms with van der Waals surface area (Å²) in [6, 6.07) is 18.6. The van der Waals surface area contributed by atoms with Gasteiger partial charge in [-0.25, -0.2) is 0 Å². The van der Waals surface area contributed by atoms with Crippen molar-refractivity contribution in [2.45, 2.75) is 19.4 Å². The molecule has 0 saturated heterocycles. The number of hydrogen-bond acceptors (Lipinski definition) is 7. The number of aromatic nitrogens is 3. The maximum absolute atomic E-state index is 9.65. The van der Waals surface area contributed by atoms with Crippen LogP contribution in [0.15, 0.2) is 85.9 Å². The average molecular weight is 612 g/mol. The second-order valence-electron chi connectivity index (χ2n) is 8.07. The number of aryl methyl sites for hydroxylation is 2. The normalized spacial score (nSPS) is 11.9. The Kier molecular flexibility index (Phi) is 8.50. The van der Waals surface area contributed by atoms with Crippen LogP contribution >= 0.6 is 31.9 Å². The van der Waals surface area contributed by atoms with Crippen molar-refractivity contribution in [1.82, 2.24) is 15.0 Å². The molecule has 3 aromatic carbocycles. The van der Waals surface area contributed by atoms with Crippen LogP contribution in [0.4, 0.5) is 0 Å². The van der Waals surface area contributed by atoms with Crippen molar-refractivity contribution >= 4 is 43.8 Å². The molecule has 0 bridgehead atoms. The number of hydrazone groups is 1. The van der Waals surface area contributed by atoms with Crippen LogP contribution < -0.4 is 5.84 Å². The second kappa shape index (κ2) is 12.0. The molecule has 4 rings (SSSR count). The van der Waals surface area contributed by atoms with E-state index in [1.54, 1.807) is 23.0 Å². The first-order chi connectivity index (χ1) is 17.4. The molecule has 0 spiro atoms. The van der Waals surface area contributed by atoms with Gasteiger partial charge in [0, 0.05) is 30.4 Å². The van der Waals surface area contributed by atoms with Crippen molar-refractivity contribution < 1.29 is 10.2 Å². The smallest absolute Gasteiger partial charge is 0.129 e. The molecule has 0 saturated carbocycles. The molecule has 0 aliphatic heterocycles. The first-order valence-corrected chi connectivity index (χ1v) is 12.7.